The average molecular weight is 226 g/mol. The molecule has 1 aromatic rings. The fourth-order valence-corrected chi connectivity index (χ4v) is 1.35. The van der Waals surface area contributed by atoms with Crippen LogP contribution in [0.25, 0.3) is 0 Å². The highest BCUT2D eigenvalue weighted by atomic mass is 16.6. The number of nitrogens with zero attached hydrogens (tertiary/aromatic N) is 1. The number of aliphatic hydroxyl groups excluding tert-OH is 2. The van der Waals surface area contributed by atoms with Gasteiger partial charge in [0.15, 0.2) is 0 Å². The number of rotatable bonds is 5. The van der Waals surface area contributed by atoms with E-state index in [0.29, 0.717) is 5.56 Å². The zero-order chi connectivity index (χ0) is 12.1. The summed E-state index contributed by atoms with van der Waals surface area (Å²) >= 11 is 0. The molecule has 0 radical (unpaired) electrons. The van der Waals surface area contributed by atoms with Gasteiger partial charge in [0, 0.05) is 24.8 Å². The fourth-order valence-electron chi connectivity index (χ4n) is 1.35. The zero-order valence-electron chi connectivity index (χ0n) is 8.61. The van der Waals surface area contributed by atoms with E-state index < -0.39 is 17.1 Å². The second-order valence-electron chi connectivity index (χ2n) is 3.47. The minimum Gasteiger partial charge on any atom is -0.396 e. The van der Waals surface area contributed by atoms with Gasteiger partial charge in [-0.25, -0.2) is 0 Å². The predicted molar refractivity (Wildman–Crippen MR) is 57.7 cm³/mol. The van der Waals surface area contributed by atoms with Crippen molar-refractivity contribution in [1.29, 1.82) is 0 Å². The topological polar surface area (TPSA) is 110 Å². The summed E-state index contributed by atoms with van der Waals surface area (Å²) in [7, 11) is 0. The van der Waals surface area contributed by atoms with E-state index in [2.05, 4.69) is 0 Å². The number of aliphatic hydroxyl groups is 2. The van der Waals surface area contributed by atoms with Gasteiger partial charge < -0.3 is 15.9 Å². The van der Waals surface area contributed by atoms with Crippen LogP contribution in [0.4, 0.5) is 5.69 Å². The molecule has 0 amide bonds. The third-order valence-electron chi connectivity index (χ3n) is 2.31. The van der Waals surface area contributed by atoms with Gasteiger partial charge in [-0.3, -0.25) is 10.1 Å². The molecule has 0 aliphatic carbocycles. The first-order chi connectivity index (χ1) is 7.56. The Kier molecular flexibility index (Phi) is 4.36. The third-order valence-corrected chi connectivity index (χ3v) is 2.31. The van der Waals surface area contributed by atoms with E-state index >= 15 is 0 Å². The Morgan fingerprint density at radius 1 is 1.38 bits per heavy atom. The van der Waals surface area contributed by atoms with Crippen LogP contribution < -0.4 is 5.73 Å². The summed E-state index contributed by atoms with van der Waals surface area (Å²) in [5.41, 5.74) is 6.08. The minimum absolute atomic E-state index is 0.0355. The lowest BCUT2D eigenvalue weighted by molar-refractivity contribution is -0.384. The second kappa shape index (κ2) is 5.55. The summed E-state index contributed by atoms with van der Waals surface area (Å²) in [5.74, 6) is 0. The second-order valence-corrected chi connectivity index (χ2v) is 3.47. The Hall–Kier alpha value is -1.50. The van der Waals surface area contributed by atoms with Crippen LogP contribution in [0.1, 0.15) is 18.1 Å². The van der Waals surface area contributed by atoms with Crippen LogP contribution in [-0.4, -0.2) is 27.8 Å². The van der Waals surface area contributed by atoms with Gasteiger partial charge in [0.2, 0.25) is 0 Å². The van der Waals surface area contributed by atoms with Gasteiger partial charge in [0.05, 0.1) is 11.0 Å². The van der Waals surface area contributed by atoms with Crippen LogP contribution >= 0.6 is 0 Å². The molecule has 0 heterocycles. The van der Waals surface area contributed by atoms with Gasteiger partial charge in [-0.15, -0.1) is 0 Å². The summed E-state index contributed by atoms with van der Waals surface area (Å²) in [4.78, 5) is 9.89. The molecule has 2 atom stereocenters. The van der Waals surface area contributed by atoms with Crippen molar-refractivity contribution in [2.75, 3.05) is 6.61 Å². The first-order valence-corrected chi connectivity index (χ1v) is 4.85. The maximum Gasteiger partial charge on any atom is 0.269 e. The van der Waals surface area contributed by atoms with Crippen molar-refractivity contribution in [2.24, 2.45) is 5.73 Å². The number of nitro groups is 1. The van der Waals surface area contributed by atoms with Gasteiger partial charge in [0.1, 0.15) is 0 Å². The normalized spacial score (nSPS) is 14.4. The molecule has 6 heteroatoms. The number of hydrogen-bond acceptors (Lipinski definition) is 5. The number of benzene rings is 1. The molecule has 0 aromatic heterocycles. The summed E-state index contributed by atoms with van der Waals surface area (Å²) in [6, 6.07) is 4.96. The maximum absolute atomic E-state index is 10.4. The van der Waals surface area contributed by atoms with Crippen molar-refractivity contribution in [3.63, 3.8) is 0 Å². The van der Waals surface area contributed by atoms with Crippen molar-refractivity contribution in [3.05, 3.63) is 39.9 Å². The van der Waals surface area contributed by atoms with Crippen molar-refractivity contribution in [3.8, 4) is 0 Å². The van der Waals surface area contributed by atoms with E-state index in [9.17, 15) is 15.2 Å². The molecule has 4 N–H and O–H groups in total. The minimum atomic E-state index is -0.923. The summed E-state index contributed by atoms with van der Waals surface area (Å²) in [5, 5.41) is 28.8. The Morgan fingerprint density at radius 3 is 2.38 bits per heavy atom. The smallest absolute Gasteiger partial charge is 0.269 e. The van der Waals surface area contributed by atoms with Crippen LogP contribution in [0.3, 0.4) is 0 Å². The number of nitro benzene ring substituents is 1. The lowest BCUT2D eigenvalue weighted by Crippen LogP contribution is -2.29. The van der Waals surface area contributed by atoms with E-state index in [1.54, 1.807) is 0 Å². The standard InChI is InChI=1S/C10H14N2O4/c11-9(5-6-13)10(14)7-1-3-8(4-2-7)12(15)16/h1-4,9-10,13-14H,5-6,11H2. The quantitative estimate of drug-likeness (QED) is 0.495. The van der Waals surface area contributed by atoms with E-state index in [-0.39, 0.29) is 18.7 Å². The van der Waals surface area contributed by atoms with Crippen LogP contribution in [0.15, 0.2) is 24.3 Å². The van der Waals surface area contributed by atoms with Crippen molar-refractivity contribution < 1.29 is 15.1 Å². The van der Waals surface area contributed by atoms with Crippen molar-refractivity contribution in [1.82, 2.24) is 0 Å². The van der Waals surface area contributed by atoms with Crippen molar-refractivity contribution in [2.45, 2.75) is 18.6 Å². The van der Waals surface area contributed by atoms with Gasteiger partial charge in [-0.2, -0.15) is 0 Å². The lowest BCUT2D eigenvalue weighted by atomic mass is 10.0. The summed E-state index contributed by atoms with van der Waals surface area (Å²) in [6.45, 7) is -0.106. The highest BCUT2D eigenvalue weighted by Gasteiger charge is 2.17. The molecular weight excluding hydrogens is 212 g/mol. The Labute approximate surface area is 92.5 Å². The third kappa shape index (κ3) is 2.99. The fraction of sp³-hybridized carbons (Fsp3) is 0.400. The van der Waals surface area contributed by atoms with E-state index in [1.807, 2.05) is 0 Å². The molecule has 0 aliphatic rings. The average Bonchev–Trinajstić information content (AvgIpc) is 2.28. The molecule has 0 saturated heterocycles. The molecule has 0 aliphatic heterocycles. The maximum atomic E-state index is 10.4. The molecule has 6 nitrogen and oxygen atoms in total. The van der Waals surface area contributed by atoms with Crippen LogP contribution in [0.2, 0.25) is 0 Å². The summed E-state index contributed by atoms with van der Waals surface area (Å²) in [6.07, 6.45) is -0.647. The SMILES string of the molecule is NC(CCO)C(O)c1ccc([N+](=O)[O-])cc1. The van der Waals surface area contributed by atoms with Crippen molar-refractivity contribution >= 4 is 5.69 Å². The molecular formula is C10H14N2O4. The zero-order valence-corrected chi connectivity index (χ0v) is 8.61. The molecule has 0 bridgehead atoms. The molecule has 88 valence electrons. The number of non-ortho nitro benzene ring substituents is 1. The van der Waals surface area contributed by atoms with Gasteiger partial charge in [-0.05, 0) is 24.1 Å². The molecule has 1 aromatic carbocycles. The molecule has 0 saturated carbocycles. The van der Waals surface area contributed by atoms with Crippen LogP contribution in [0.5, 0.6) is 0 Å². The number of hydrogen-bond donors (Lipinski definition) is 3. The lowest BCUT2D eigenvalue weighted by Gasteiger charge is -2.17. The first kappa shape index (κ1) is 12.6. The van der Waals surface area contributed by atoms with Gasteiger partial charge in [0.25, 0.3) is 5.69 Å². The molecule has 0 spiro atoms. The van der Waals surface area contributed by atoms with Gasteiger partial charge in [-0.1, -0.05) is 0 Å². The highest BCUT2D eigenvalue weighted by molar-refractivity contribution is 5.34. The van der Waals surface area contributed by atoms with E-state index in [4.69, 9.17) is 10.8 Å². The molecule has 16 heavy (non-hydrogen) atoms. The molecule has 1 rings (SSSR count). The first-order valence-electron chi connectivity index (χ1n) is 4.85. The van der Waals surface area contributed by atoms with Gasteiger partial charge >= 0.3 is 0 Å². The van der Waals surface area contributed by atoms with E-state index in [1.165, 1.54) is 24.3 Å². The van der Waals surface area contributed by atoms with Crippen LogP contribution in [0, 0.1) is 10.1 Å². The Bertz CT molecular complexity index is 352. The predicted octanol–water partition coefficient (Wildman–Crippen LogP) is 0.338. The molecule has 0 fully saturated rings. The number of nitrogens with two attached hydrogens (primary N) is 1. The summed E-state index contributed by atoms with van der Waals surface area (Å²) < 4.78 is 0. The largest absolute Gasteiger partial charge is 0.396 e. The Balaban J connectivity index is 2.77. The monoisotopic (exact) mass is 226 g/mol. The highest BCUT2D eigenvalue weighted by Crippen LogP contribution is 2.20. The Morgan fingerprint density at radius 2 is 1.94 bits per heavy atom. The van der Waals surface area contributed by atoms with E-state index in [0.717, 1.165) is 0 Å². The van der Waals surface area contributed by atoms with Crippen LogP contribution in [-0.2, 0) is 0 Å². The molecule has 2 unspecified atom stereocenters.